The molecule has 1 nitrogen and oxygen atoms in total. The Balaban J connectivity index is 2.56. The summed E-state index contributed by atoms with van der Waals surface area (Å²) in [4.78, 5) is 0. The largest absolute Gasteiger partial charge is 0.309 e. The van der Waals surface area contributed by atoms with Gasteiger partial charge in [-0.15, -0.1) is 0 Å². The first-order valence-corrected chi connectivity index (χ1v) is 6.29. The maximum Gasteiger partial charge on any atom is 0.131 e. The van der Waals surface area contributed by atoms with Crippen LogP contribution in [-0.2, 0) is 0 Å². The average molecular weight is 282 g/mol. The van der Waals surface area contributed by atoms with Crippen molar-refractivity contribution in [3.8, 4) is 0 Å². The Hall–Kier alpha value is -1.45. The average Bonchev–Trinajstić information content (AvgIpc) is 2.35. The van der Waals surface area contributed by atoms with E-state index in [0.29, 0.717) is 10.6 Å². The summed E-state index contributed by atoms with van der Waals surface area (Å²) in [7, 11) is 1.65. The number of rotatable bonds is 3. The van der Waals surface area contributed by atoms with E-state index in [2.05, 4.69) is 5.32 Å². The normalized spacial score (nSPS) is 12.5. The van der Waals surface area contributed by atoms with Crippen molar-refractivity contribution in [2.24, 2.45) is 0 Å². The number of nitrogens with one attached hydrogen (secondary N) is 1. The van der Waals surface area contributed by atoms with Crippen molar-refractivity contribution in [2.45, 2.75) is 13.0 Å². The lowest BCUT2D eigenvalue weighted by Crippen LogP contribution is -2.20. The molecule has 0 aliphatic carbocycles. The maximum absolute atomic E-state index is 13.9. The van der Waals surface area contributed by atoms with Gasteiger partial charge in [0.25, 0.3) is 0 Å². The number of benzene rings is 2. The molecule has 1 unspecified atom stereocenters. The number of halogens is 3. The minimum Gasteiger partial charge on any atom is -0.309 e. The van der Waals surface area contributed by atoms with Crippen LogP contribution in [0.3, 0.4) is 0 Å². The van der Waals surface area contributed by atoms with E-state index in [1.54, 1.807) is 19.2 Å². The van der Waals surface area contributed by atoms with E-state index in [9.17, 15) is 8.78 Å². The summed E-state index contributed by atoms with van der Waals surface area (Å²) in [5.74, 6) is -1.17. The lowest BCUT2D eigenvalue weighted by atomic mass is 9.97. The smallest absolute Gasteiger partial charge is 0.131 e. The molecule has 1 atom stereocenters. The second-order valence-corrected chi connectivity index (χ2v) is 4.79. The zero-order valence-corrected chi connectivity index (χ0v) is 11.4. The molecule has 4 heteroatoms. The second-order valence-electron chi connectivity index (χ2n) is 4.38. The molecule has 100 valence electrons. The van der Waals surface area contributed by atoms with Gasteiger partial charge in [0.2, 0.25) is 0 Å². The van der Waals surface area contributed by atoms with Crippen LogP contribution >= 0.6 is 11.6 Å². The van der Waals surface area contributed by atoms with Crippen LogP contribution in [0.2, 0.25) is 5.02 Å². The first-order valence-electron chi connectivity index (χ1n) is 5.92. The molecule has 2 aromatic carbocycles. The van der Waals surface area contributed by atoms with Crippen molar-refractivity contribution in [1.29, 1.82) is 0 Å². The van der Waals surface area contributed by atoms with Crippen LogP contribution in [-0.4, -0.2) is 7.05 Å². The summed E-state index contributed by atoms with van der Waals surface area (Å²) in [5, 5.41) is 3.40. The Labute approximate surface area is 116 Å². The maximum atomic E-state index is 13.9. The van der Waals surface area contributed by atoms with Crippen LogP contribution in [0, 0.1) is 18.6 Å². The molecule has 0 saturated heterocycles. The molecule has 0 bridgehead atoms. The lowest BCUT2D eigenvalue weighted by Gasteiger charge is -2.20. The summed E-state index contributed by atoms with van der Waals surface area (Å²) in [6, 6.07) is 8.64. The third kappa shape index (κ3) is 2.77. The molecule has 0 aliphatic heterocycles. The predicted octanol–water partition coefficient (Wildman–Crippen LogP) is 4.24. The fourth-order valence-electron chi connectivity index (χ4n) is 2.11. The molecule has 0 saturated carbocycles. The van der Waals surface area contributed by atoms with Gasteiger partial charge < -0.3 is 5.32 Å². The van der Waals surface area contributed by atoms with Gasteiger partial charge in [0.1, 0.15) is 11.6 Å². The van der Waals surface area contributed by atoms with Crippen molar-refractivity contribution in [3.63, 3.8) is 0 Å². The van der Waals surface area contributed by atoms with Gasteiger partial charge in [-0.1, -0.05) is 29.8 Å². The Morgan fingerprint density at radius 2 is 1.74 bits per heavy atom. The van der Waals surface area contributed by atoms with Gasteiger partial charge >= 0.3 is 0 Å². The van der Waals surface area contributed by atoms with E-state index in [0.717, 1.165) is 5.56 Å². The standard InChI is InChI=1S/C15H14ClF2N/c1-9-6-7-10(11(16)8-9)15(19-2)14-12(17)4-3-5-13(14)18/h3-8,15,19H,1-2H3. The minimum atomic E-state index is -0.616. The van der Waals surface area contributed by atoms with E-state index in [-0.39, 0.29) is 5.56 Å². The number of hydrogen-bond acceptors (Lipinski definition) is 1. The Kier molecular flexibility index (Phi) is 4.17. The highest BCUT2D eigenvalue weighted by Crippen LogP contribution is 2.31. The fraction of sp³-hybridized carbons (Fsp3) is 0.200. The van der Waals surface area contributed by atoms with Gasteiger partial charge in [0, 0.05) is 10.6 Å². The zero-order chi connectivity index (χ0) is 14.0. The van der Waals surface area contributed by atoms with E-state index >= 15 is 0 Å². The molecule has 0 spiro atoms. The number of hydrogen-bond donors (Lipinski definition) is 1. The molecule has 0 heterocycles. The third-order valence-corrected chi connectivity index (χ3v) is 3.37. The highest BCUT2D eigenvalue weighted by Gasteiger charge is 2.22. The molecule has 1 N–H and O–H groups in total. The zero-order valence-electron chi connectivity index (χ0n) is 10.7. The molecule has 0 fully saturated rings. The van der Waals surface area contributed by atoms with E-state index in [4.69, 9.17) is 11.6 Å². The van der Waals surface area contributed by atoms with Crippen molar-refractivity contribution in [2.75, 3.05) is 7.05 Å². The lowest BCUT2D eigenvalue weighted by molar-refractivity contribution is 0.522. The molecule has 0 radical (unpaired) electrons. The van der Waals surface area contributed by atoms with Gasteiger partial charge in [-0.25, -0.2) is 8.78 Å². The highest BCUT2D eigenvalue weighted by atomic mass is 35.5. The van der Waals surface area contributed by atoms with E-state index in [1.165, 1.54) is 18.2 Å². The molecule has 0 aliphatic rings. The molecule has 19 heavy (non-hydrogen) atoms. The van der Waals surface area contributed by atoms with Crippen LogP contribution in [0.1, 0.15) is 22.7 Å². The second kappa shape index (κ2) is 5.68. The highest BCUT2D eigenvalue weighted by molar-refractivity contribution is 6.31. The minimum absolute atomic E-state index is 0.0178. The Morgan fingerprint density at radius 3 is 2.26 bits per heavy atom. The van der Waals surface area contributed by atoms with Crippen LogP contribution in [0.5, 0.6) is 0 Å². The SMILES string of the molecule is CNC(c1ccc(C)cc1Cl)c1c(F)cccc1F. The number of aryl methyl sites for hydroxylation is 1. The van der Waals surface area contributed by atoms with Crippen LogP contribution in [0.25, 0.3) is 0 Å². The molecular weight excluding hydrogens is 268 g/mol. The first-order chi connectivity index (χ1) is 9.04. The Morgan fingerprint density at radius 1 is 1.11 bits per heavy atom. The van der Waals surface area contributed by atoms with Crippen molar-refractivity contribution >= 4 is 11.6 Å². The van der Waals surface area contributed by atoms with Crippen LogP contribution in [0.4, 0.5) is 8.78 Å². The summed E-state index contributed by atoms with van der Waals surface area (Å²) in [5.41, 5.74) is 1.63. The summed E-state index contributed by atoms with van der Waals surface area (Å²) in [6.45, 7) is 1.91. The quantitative estimate of drug-likeness (QED) is 0.887. The van der Waals surface area contributed by atoms with Crippen LogP contribution < -0.4 is 5.32 Å². The molecule has 0 amide bonds. The van der Waals surface area contributed by atoms with Crippen molar-refractivity contribution < 1.29 is 8.78 Å². The Bertz CT molecular complexity index is 578. The van der Waals surface area contributed by atoms with Gasteiger partial charge in [-0.2, -0.15) is 0 Å². The van der Waals surface area contributed by atoms with E-state index < -0.39 is 17.7 Å². The molecule has 2 aromatic rings. The topological polar surface area (TPSA) is 12.0 Å². The predicted molar refractivity (Wildman–Crippen MR) is 73.4 cm³/mol. The van der Waals surface area contributed by atoms with E-state index in [1.807, 2.05) is 13.0 Å². The summed E-state index contributed by atoms with van der Waals surface area (Å²) < 4.78 is 27.7. The molecule has 0 aromatic heterocycles. The summed E-state index contributed by atoms with van der Waals surface area (Å²) in [6.07, 6.45) is 0. The monoisotopic (exact) mass is 281 g/mol. The van der Waals surface area contributed by atoms with Crippen LogP contribution in [0.15, 0.2) is 36.4 Å². The third-order valence-electron chi connectivity index (χ3n) is 3.04. The van der Waals surface area contributed by atoms with Crippen molar-refractivity contribution in [3.05, 3.63) is 69.7 Å². The van der Waals surface area contributed by atoms with Crippen molar-refractivity contribution in [1.82, 2.24) is 5.32 Å². The molecular formula is C15H14ClF2N. The van der Waals surface area contributed by atoms with Gasteiger partial charge in [0.15, 0.2) is 0 Å². The summed E-state index contributed by atoms with van der Waals surface area (Å²) >= 11 is 6.17. The first kappa shape index (κ1) is 14.0. The van der Waals surface area contributed by atoms with Gasteiger partial charge in [-0.05, 0) is 43.3 Å². The molecule has 2 rings (SSSR count). The van der Waals surface area contributed by atoms with Gasteiger partial charge in [0.05, 0.1) is 6.04 Å². The fourth-order valence-corrected chi connectivity index (χ4v) is 2.45. The van der Waals surface area contributed by atoms with Gasteiger partial charge in [-0.3, -0.25) is 0 Å².